The van der Waals surface area contributed by atoms with Gasteiger partial charge >= 0.3 is 0 Å². The predicted molar refractivity (Wildman–Crippen MR) is 72.9 cm³/mol. The van der Waals surface area contributed by atoms with Crippen LogP contribution in [0.25, 0.3) is 0 Å². The van der Waals surface area contributed by atoms with Gasteiger partial charge in [-0.05, 0) is 39.1 Å². The lowest BCUT2D eigenvalue weighted by atomic mass is 10.1. The van der Waals surface area contributed by atoms with Crippen molar-refractivity contribution >= 4 is 0 Å². The Morgan fingerprint density at radius 3 is 2.59 bits per heavy atom. The van der Waals surface area contributed by atoms with Crippen LogP contribution in [0.4, 0.5) is 0 Å². The van der Waals surface area contributed by atoms with Gasteiger partial charge in [0.25, 0.3) is 0 Å². The van der Waals surface area contributed by atoms with Crippen molar-refractivity contribution < 1.29 is 0 Å². The zero-order valence-corrected chi connectivity index (χ0v) is 11.5. The summed E-state index contributed by atoms with van der Waals surface area (Å²) in [4.78, 5) is 6.85. The highest BCUT2D eigenvalue weighted by atomic mass is 15.2. The zero-order chi connectivity index (χ0) is 12.7. The molecule has 0 radical (unpaired) electrons. The van der Waals surface area contributed by atoms with Crippen LogP contribution in [0, 0.1) is 0 Å². The molecule has 96 valence electrons. The minimum Gasteiger partial charge on any atom is -0.313 e. The molecule has 2 unspecified atom stereocenters. The van der Waals surface area contributed by atoms with Gasteiger partial charge in [0.05, 0.1) is 5.69 Å². The van der Waals surface area contributed by atoms with Gasteiger partial charge < -0.3 is 5.32 Å². The molecule has 3 nitrogen and oxygen atoms in total. The standard InChI is InChI=1S/C14H25N3/c1-5-15-12(3)13(4)17(6-2)11-14-9-7-8-10-16-14/h7-10,12-13,15H,5-6,11H2,1-4H3. The van der Waals surface area contributed by atoms with Gasteiger partial charge in [0.2, 0.25) is 0 Å². The molecule has 3 heteroatoms. The predicted octanol–water partition coefficient (Wildman–Crippen LogP) is 2.29. The fourth-order valence-corrected chi connectivity index (χ4v) is 2.05. The molecule has 2 atom stereocenters. The summed E-state index contributed by atoms with van der Waals surface area (Å²) in [5.74, 6) is 0. The number of nitrogens with zero attached hydrogens (tertiary/aromatic N) is 2. The van der Waals surface area contributed by atoms with Crippen LogP contribution in [-0.2, 0) is 6.54 Å². The van der Waals surface area contributed by atoms with Gasteiger partial charge in [-0.2, -0.15) is 0 Å². The van der Waals surface area contributed by atoms with Crippen LogP contribution in [-0.4, -0.2) is 35.1 Å². The van der Waals surface area contributed by atoms with Crippen LogP contribution >= 0.6 is 0 Å². The van der Waals surface area contributed by atoms with Gasteiger partial charge in [-0.3, -0.25) is 9.88 Å². The number of nitrogens with one attached hydrogen (secondary N) is 1. The second-order valence-electron chi connectivity index (χ2n) is 4.47. The van der Waals surface area contributed by atoms with E-state index in [1.807, 2.05) is 12.3 Å². The first-order chi connectivity index (χ1) is 8.19. The van der Waals surface area contributed by atoms with Gasteiger partial charge in [0, 0.05) is 24.8 Å². The first kappa shape index (κ1) is 14.1. The summed E-state index contributed by atoms with van der Waals surface area (Å²) in [5.41, 5.74) is 1.14. The normalized spacial score (nSPS) is 14.9. The molecule has 0 spiro atoms. The van der Waals surface area contributed by atoms with Gasteiger partial charge in [0.1, 0.15) is 0 Å². The summed E-state index contributed by atoms with van der Waals surface area (Å²) in [7, 11) is 0. The van der Waals surface area contributed by atoms with Crippen molar-refractivity contribution in [3.8, 4) is 0 Å². The Labute approximate surface area is 105 Å². The van der Waals surface area contributed by atoms with E-state index in [1.54, 1.807) is 0 Å². The SMILES string of the molecule is CCNC(C)C(C)N(CC)Cc1ccccn1. The van der Waals surface area contributed by atoms with E-state index in [0.717, 1.165) is 25.3 Å². The molecule has 1 aromatic rings. The molecule has 0 aliphatic heterocycles. The largest absolute Gasteiger partial charge is 0.313 e. The first-order valence-corrected chi connectivity index (χ1v) is 6.56. The second-order valence-corrected chi connectivity index (χ2v) is 4.47. The molecular formula is C14H25N3. The summed E-state index contributed by atoms with van der Waals surface area (Å²) in [6, 6.07) is 7.12. The molecule has 0 bridgehead atoms. The van der Waals surface area contributed by atoms with Crippen molar-refractivity contribution in [1.82, 2.24) is 15.2 Å². The van der Waals surface area contributed by atoms with E-state index in [0.29, 0.717) is 12.1 Å². The van der Waals surface area contributed by atoms with E-state index < -0.39 is 0 Å². The summed E-state index contributed by atoms with van der Waals surface area (Å²) >= 11 is 0. The van der Waals surface area contributed by atoms with Gasteiger partial charge in [-0.15, -0.1) is 0 Å². The van der Waals surface area contributed by atoms with Crippen LogP contribution in [0.5, 0.6) is 0 Å². The Balaban J connectivity index is 2.59. The van der Waals surface area contributed by atoms with E-state index in [9.17, 15) is 0 Å². The third-order valence-electron chi connectivity index (χ3n) is 3.32. The third-order valence-corrected chi connectivity index (χ3v) is 3.32. The Morgan fingerprint density at radius 2 is 2.06 bits per heavy atom. The second kappa shape index (κ2) is 7.41. The molecule has 1 rings (SSSR count). The van der Waals surface area contributed by atoms with Crippen LogP contribution in [0.3, 0.4) is 0 Å². The first-order valence-electron chi connectivity index (χ1n) is 6.56. The highest BCUT2D eigenvalue weighted by molar-refractivity contribution is 5.03. The zero-order valence-electron chi connectivity index (χ0n) is 11.5. The van der Waals surface area contributed by atoms with Crippen molar-refractivity contribution in [2.75, 3.05) is 13.1 Å². The molecule has 17 heavy (non-hydrogen) atoms. The van der Waals surface area contributed by atoms with Gasteiger partial charge in [-0.25, -0.2) is 0 Å². The van der Waals surface area contributed by atoms with Crippen LogP contribution < -0.4 is 5.32 Å². The molecule has 1 heterocycles. The Morgan fingerprint density at radius 1 is 1.29 bits per heavy atom. The Hall–Kier alpha value is -0.930. The van der Waals surface area contributed by atoms with Crippen molar-refractivity contribution in [3.63, 3.8) is 0 Å². The highest BCUT2D eigenvalue weighted by Gasteiger charge is 2.18. The lowest BCUT2D eigenvalue weighted by Gasteiger charge is -2.32. The maximum atomic E-state index is 4.39. The van der Waals surface area contributed by atoms with Crippen molar-refractivity contribution in [2.45, 2.75) is 46.3 Å². The molecule has 1 N–H and O–H groups in total. The van der Waals surface area contributed by atoms with E-state index in [4.69, 9.17) is 0 Å². The number of hydrogen-bond acceptors (Lipinski definition) is 3. The smallest absolute Gasteiger partial charge is 0.0544 e. The summed E-state index contributed by atoms with van der Waals surface area (Å²) < 4.78 is 0. The summed E-state index contributed by atoms with van der Waals surface area (Å²) in [6.45, 7) is 11.9. The lowest BCUT2D eigenvalue weighted by Crippen LogP contribution is -2.46. The van der Waals surface area contributed by atoms with Crippen LogP contribution in [0.1, 0.15) is 33.4 Å². The lowest BCUT2D eigenvalue weighted by molar-refractivity contribution is 0.174. The van der Waals surface area contributed by atoms with Crippen molar-refractivity contribution in [2.24, 2.45) is 0 Å². The molecule has 0 aliphatic carbocycles. The maximum absolute atomic E-state index is 4.39. The molecule has 0 saturated heterocycles. The summed E-state index contributed by atoms with van der Waals surface area (Å²) in [5, 5.41) is 3.48. The molecular weight excluding hydrogens is 210 g/mol. The topological polar surface area (TPSA) is 28.2 Å². The number of pyridine rings is 1. The number of aromatic nitrogens is 1. The number of rotatable bonds is 7. The van der Waals surface area contributed by atoms with Crippen molar-refractivity contribution in [1.29, 1.82) is 0 Å². The third kappa shape index (κ3) is 4.44. The molecule has 0 aromatic carbocycles. The van der Waals surface area contributed by atoms with E-state index >= 15 is 0 Å². The maximum Gasteiger partial charge on any atom is 0.0544 e. The highest BCUT2D eigenvalue weighted by Crippen LogP contribution is 2.08. The fraction of sp³-hybridized carbons (Fsp3) is 0.643. The monoisotopic (exact) mass is 235 g/mol. The van der Waals surface area contributed by atoms with Crippen molar-refractivity contribution in [3.05, 3.63) is 30.1 Å². The molecule has 0 saturated carbocycles. The van der Waals surface area contributed by atoms with Crippen LogP contribution in [0.2, 0.25) is 0 Å². The number of hydrogen-bond donors (Lipinski definition) is 1. The van der Waals surface area contributed by atoms with Gasteiger partial charge in [-0.1, -0.05) is 19.9 Å². The Bertz CT molecular complexity index is 300. The minimum absolute atomic E-state index is 0.503. The average molecular weight is 235 g/mol. The van der Waals surface area contributed by atoms with Gasteiger partial charge in [0.15, 0.2) is 0 Å². The average Bonchev–Trinajstić information content (AvgIpc) is 2.36. The molecule has 0 aliphatic rings. The molecule has 0 fully saturated rings. The fourth-order valence-electron chi connectivity index (χ4n) is 2.05. The minimum atomic E-state index is 0.503. The quantitative estimate of drug-likeness (QED) is 0.786. The van der Waals surface area contributed by atoms with E-state index in [1.165, 1.54) is 0 Å². The molecule has 0 amide bonds. The molecule has 1 aromatic heterocycles. The van der Waals surface area contributed by atoms with Crippen LogP contribution in [0.15, 0.2) is 24.4 Å². The van der Waals surface area contributed by atoms with E-state index in [-0.39, 0.29) is 0 Å². The number of likely N-dealkylation sites (N-methyl/N-ethyl adjacent to an activating group) is 2. The van der Waals surface area contributed by atoms with E-state index in [2.05, 4.69) is 55.0 Å². The summed E-state index contributed by atoms with van der Waals surface area (Å²) in [6.07, 6.45) is 1.86. The Kier molecular flexibility index (Phi) is 6.16.